The molecule has 0 spiro atoms. The predicted molar refractivity (Wildman–Crippen MR) is 82.2 cm³/mol. The molecule has 1 amide bonds. The van der Waals surface area contributed by atoms with Crippen molar-refractivity contribution in [1.82, 2.24) is 5.32 Å². The zero-order valence-electron chi connectivity index (χ0n) is 11.4. The topological polar surface area (TPSA) is 47.6 Å². The van der Waals surface area contributed by atoms with Crippen molar-refractivity contribution in [2.45, 2.75) is 12.1 Å². The summed E-state index contributed by atoms with van der Waals surface area (Å²) in [7, 11) is 1.61. The van der Waals surface area contributed by atoms with Crippen molar-refractivity contribution in [3.63, 3.8) is 0 Å². The number of benzene rings is 2. The summed E-state index contributed by atoms with van der Waals surface area (Å²) in [5.41, 5.74) is 1.89. The molecule has 1 unspecified atom stereocenters. The summed E-state index contributed by atoms with van der Waals surface area (Å²) in [6.07, 6.45) is -0.783. The molecule has 21 heavy (non-hydrogen) atoms. The lowest BCUT2D eigenvalue weighted by molar-refractivity contribution is 0.132. The third-order valence-electron chi connectivity index (χ3n) is 3.44. The summed E-state index contributed by atoms with van der Waals surface area (Å²) in [4.78, 5) is 11.7. The number of hydrogen-bond acceptors (Lipinski definition) is 3. The van der Waals surface area contributed by atoms with E-state index in [-0.39, 0.29) is 12.1 Å². The van der Waals surface area contributed by atoms with E-state index in [4.69, 9.17) is 9.47 Å². The second-order valence-electron chi connectivity index (χ2n) is 4.78. The molecule has 3 rings (SSSR count). The molecular weight excluding hydrogens is 334 g/mol. The van der Waals surface area contributed by atoms with Gasteiger partial charge in [-0.05, 0) is 35.4 Å². The van der Waals surface area contributed by atoms with E-state index in [1.807, 2.05) is 48.5 Å². The summed E-state index contributed by atoms with van der Waals surface area (Å²) in [5, 5.41) is 2.86. The van der Waals surface area contributed by atoms with Crippen molar-refractivity contribution in [2.75, 3.05) is 7.11 Å². The summed E-state index contributed by atoms with van der Waals surface area (Å²) in [6, 6.07) is 15.2. The molecule has 108 valence electrons. The van der Waals surface area contributed by atoms with Gasteiger partial charge in [0.1, 0.15) is 5.75 Å². The molecule has 0 radical (unpaired) electrons. The fourth-order valence-electron chi connectivity index (χ4n) is 2.46. The third-order valence-corrected chi connectivity index (χ3v) is 3.93. The van der Waals surface area contributed by atoms with Crippen molar-refractivity contribution in [1.29, 1.82) is 0 Å². The number of nitrogens with one attached hydrogen (secondary N) is 1. The summed E-state index contributed by atoms with van der Waals surface area (Å²) < 4.78 is 11.6. The largest absolute Gasteiger partial charge is 0.497 e. The maximum atomic E-state index is 11.7. The molecule has 0 saturated carbocycles. The van der Waals surface area contributed by atoms with Crippen molar-refractivity contribution in [3.05, 3.63) is 64.1 Å². The molecule has 1 heterocycles. The highest BCUT2D eigenvalue weighted by Crippen LogP contribution is 2.38. The Bertz CT molecular complexity index is 674. The van der Waals surface area contributed by atoms with Crippen LogP contribution < -0.4 is 10.1 Å². The quantitative estimate of drug-likeness (QED) is 0.913. The van der Waals surface area contributed by atoms with Crippen LogP contribution in [0.1, 0.15) is 23.3 Å². The molecule has 2 aromatic carbocycles. The van der Waals surface area contributed by atoms with Gasteiger partial charge in [0.25, 0.3) is 0 Å². The van der Waals surface area contributed by atoms with E-state index in [2.05, 4.69) is 21.2 Å². The molecular formula is C16H14BrNO3. The first-order valence-corrected chi connectivity index (χ1v) is 7.33. The summed E-state index contributed by atoms with van der Waals surface area (Å²) in [6.45, 7) is 0. The summed E-state index contributed by atoms with van der Waals surface area (Å²) in [5.74, 6) is 0.739. The molecule has 0 aromatic heterocycles. The number of rotatable bonds is 3. The standard InChI is InChI=1S/C16H14BrNO3/c1-20-13-7-3-5-11(9-13)15-14(18-16(19)21-15)10-4-2-6-12(17)8-10/h2-9,14-15H,1H3,(H,18,19)/t14-,15?/m1/s1. The number of cyclic esters (lactones) is 1. The van der Waals surface area contributed by atoms with Crippen LogP contribution in [0.3, 0.4) is 0 Å². The molecule has 4 nitrogen and oxygen atoms in total. The highest BCUT2D eigenvalue weighted by atomic mass is 79.9. The molecule has 1 aliphatic rings. The Morgan fingerprint density at radius 3 is 2.67 bits per heavy atom. The second kappa shape index (κ2) is 5.77. The van der Waals surface area contributed by atoms with Gasteiger partial charge in [0.2, 0.25) is 0 Å². The molecule has 2 atom stereocenters. The van der Waals surface area contributed by atoms with E-state index in [0.717, 1.165) is 21.3 Å². The van der Waals surface area contributed by atoms with Crippen molar-refractivity contribution >= 4 is 22.0 Å². The van der Waals surface area contributed by atoms with Crippen LogP contribution >= 0.6 is 15.9 Å². The van der Waals surface area contributed by atoms with Crippen LogP contribution in [0, 0.1) is 0 Å². The van der Waals surface area contributed by atoms with E-state index < -0.39 is 6.09 Å². The van der Waals surface area contributed by atoms with Crippen molar-refractivity contribution < 1.29 is 14.3 Å². The smallest absolute Gasteiger partial charge is 0.408 e. The van der Waals surface area contributed by atoms with Crippen molar-refractivity contribution in [2.24, 2.45) is 0 Å². The monoisotopic (exact) mass is 347 g/mol. The molecule has 0 aliphatic carbocycles. The molecule has 1 N–H and O–H groups in total. The number of methoxy groups -OCH3 is 1. The van der Waals surface area contributed by atoms with Crippen LogP contribution in [0.25, 0.3) is 0 Å². The normalized spacial score (nSPS) is 20.8. The van der Waals surface area contributed by atoms with Crippen molar-refractivity contribution in [3.8, 4) is 5.75 Å². The maximum Gasteiger partial charge on any atom is 0.408 e. The fourth-order valence-corrected chi connectivity index (χ4v) is 2.87. The minimum Gasteiger partial charge on any atom is -0.497 e. The number of halogens is 1. The number of carbonyl (C=O) groups excluding carboxylic acids is 1. The van der Waals surface area contributed by atoms with E-state index >= 15 is 0 Å². The van der Waals surface area contributed by atoms with E-state index in [9.17, 15) is 4.79 Å². The molecule has 1 fully saturated rings. The zero-order valence-corrected chi connectivity index (χ0v) is 13.0. The molecule has 1 aliphatic heterocycles. The van der Waals surface area contributed by atoms with Gasteiger partial charge in [-0.1, -0.05) is 40.2 Å². The van der Waals surface area contributed by atoms with E-state index in [0.29, 0.717) is 0 Å². The van der Waals surface area contributed by atoms with Gasteiger partial charge in [-0.3, -0.25) is 0 Å². The van der Waals surface area contributed by atoms with E-state index in [1.165, 1.54) is 0 Å². The fraction of sp³-hybridized carbons (Fsp3) is 0.188. The van der Waals surface area contributed by atoms with Gasteiger partial charge in [-0.25, -0.2) is 4.79 Å². The van der Waals surface area contributed by atoms with Gasteiger partial charge in [-0.15, -0.1) is 0 Å². The molecule has 0 bridgehead atoms. The van der Waals surface area contributed by atoms with Crippen LogP contribution in [-0.2, 0) is 4.74 Å². The molecule has 1 saturated heterocycles. The Labute approximate surface area is 131 Å². The van der Waals surface area contributed by atoms with Crippen LogP contribution in [0.4, 0.5) is 4.79 Å². The number of ether oxygens (including phenoxy) is 2. The Hall–Kier alpha value is -2.01. The lowest BCUT2D eigenvalue weighted by Crippen LogP contribution is -2.19. The first-order chi connectivity index (χ1) is 10.2. The first kappa shape index (κ1) is 13.9. The van der Waals surface area contributed by atoms with Crippen LogP contribution in [0.5, 0.6) is 5.75 Å². The maximum absolute atomic E-state index is 11.7. The SMILES string of the molecule is COc1cccc(C2OC(=O)N[C@@H]2c2cccc(Br)c2)c1. The van der Waals surface area contributed by atoms with Gasteiger partial charge >= 0.3 is 6.09 Å². The third kappa shape index (κ3) is 2.88. The van der Waals surface area contributed by atoms with Crippen LogP contribution in [0.2, 0.25) is 0 Å². The van der Waals surface area contributed by atoms with Crippen LogP contribution in [-0.4, -0.2) is 13.2 Å². The molecule has 5 heteroatoms. The Morgan fingerprint density at radius 2 is 1.90 bits per heavy atom. The van der Waals surface area contributed by atoms with E-state index in [1.54, 1.807) is 7.11 Å². The minimum atomic E-state index is -0.409. The lowest BCUT2D eigenvalue weighted by Gasteiger charge is -2.18. The van der Waals surface area contributed by atoms with Gasteiger partial charge in [0.05, 0.1) is 13.2 Å². The number of amides is 1. The van der Waals surface area contributed by atoms with Gasteiger partial charge in [0.15, 0.2) is 6.10 Å². The second-order valence-corrected chi connectivity index (χ2v) is 5.70. The highest BCUT2D eigenvalue weighted by Gasteiger charge is 2.36. The lowest BCUT2D eigenvalue weighted by atomic mass is 9.96. The Morgan fingerprint density at radius 1 is 1.14 bits per heavy atom. The Balaban J connectivity index is 1.97. The van der Waals surface area contributed by atoms with Gasteiger partial charge in [0, 0.05) is 4.47 Å². The summed E-state index contributed by atoms with van der Waals surface area (Å²) >= 11 is 3.45. The van der Waals surface area contributed by atoms with Gasteiger partial charge < -0.3 is 14.8 Å². The Kier molecular flexibility index (Phi) is 3.84. The zero-order chi connectivity index (χ0) is 14.8. The average Bonchev–Trinajstić information content (AvgIpc) is 2.89. The number of hydrogen-bond donors (Lipinski definition) is 1. The average molecular weight is 348 g/mol. The number of carbonyl (C=O) groups is 1. The van der Waals surface area contributed by atoms with Gasteiger partial charge in [-0.2, -0.15) is 0 Å². The highest BCUT2D eigenvalue weighted by molar-refractivity contribution is 9.10. The van der Waals surface area contributed by atoms with Crippen LogP contribution in [0.15, 0.2) is 53.0 Å². The first-order valence-electron chi connectivity index (χ1n) is 6.54. The predicted octanol–water partition coefficient (Wildman–Crippen LogP) is 3.98. The minimum absolute atomic E-state index is 0.220. The number of alkyl carbamates (subject to hydrolysis) is 1. The molecule has 2 aromatic rings.